The molecule has 0 N–H and O–H groups in total. The van der Waals surface area contributed by atoms with E-state index in [0.717, 1.165) is 29.0 Å². The van der Waals surface area contributed by atoms with E-state index in [9.17, 15) is 4.79 Å². The van der Waals surface area contributed by atoms with Crippen molar-refractivity contribution >= 4 is 44.7 Å². The summed E-state index contributed by atoms with van der Waals surface area (Å²) >= 11 is 7.98. The molecule has 0 atom stereocenters. The van der Waals surface area contributed by atoms with Crippen molar-refractivity contribution in [3.05, 3.63) is 58.1 Å². The Morgan fingerprint density at radius 3 is 2.68 bits per heavy atom. The summed E-state index contributed by atoms with van der Waals surface area (Å²) in [5, 5.41) is 1.55. The van der Waals surface area contributed by atoms with Crippen molar-refractivity contribution in [1.82, 2.24) is 9.88 Å². The van der Waals surface area contributed by atoms with Crippen LogP contribution in [0.5, 0.6) is 0 Å². The number of aromatic nitrogens is 1. The Bertz CT molecular complexity index is 917. The van der Waals surface area contributed by atoms with E-state index in [1.54, 1.807) is 6.20 Å². The molecule has 4 rings (SSSR count). The molecule has 0 bridgehead atoms. The Labute approximate surface area is 155 Å². The highest BCUT2D eigenvalue weighted by Crippen LogP contribution is 2.36. The van der Waals surface area contributed by atoms with E-state index in [0.29, 0.717) is 23.0 Å². The van der Waals surface area contributed by atoms with Gasteiger partial charge in [-0.3, -0.25) is 4.79 Å². The molecule has 1 fully saturated rings. The van der Waals surface area contributed by atoms with Gasteiger partial charge in [-0.1, -0.05) is 29.8 Å². The Hall–Kier alpha value is -2.11. The van der Waals surface area contributed by atoms with Crippen LogP contribution in [0.25, 0.3) is 10.1 Å². The number of pyridine rings is 1. The van der Waals surface area contributed by atoms with E-state index in [1.165, 1.54) is 16.9 Å². The largest absolute Gasteiger partial charge is 0.353 e. The van der Waals surface area contributed by atoms with Crippen molar-refractivity contribution in [3.63, 3.8) is 0 Å². The molecule has 0 spiro atoms. The number of anilines is 1. The van der Waals surface area contributed by atoms with Gasteiger partial charge >= 0.3 is 0 Å². The number of amides is 1. The van der Waals surface area contributed by atoms with Crippen LogP contribution in [-0.4, -0.2) is 42.0 Å². The van der Waals surface area contributed by atoms with Crippen molar-refractivity contribution < 1.29 is 4.79 Å². The quantitative estimate of drug-likeness (QED) is 0.676. The zero-order chi connectivity index (χ0) is 17.4. The minimum absolute atomic E-state index is 0.0320. The molecule has 128 valence electrons. The maximum absolute atomic E-state index is 12.9. The van der Waals surface area contributed by atoms with Crippen molar-refractivity contribution in [2.24, 2.45) is 0 Å². The molecule has 2 aromatic heterocycles. The number of halogens is 1. The van der Waals surface area contributed by atoms with E-state index in [4.69, 9.17) is 11.6 Å². The standard InChI is InChI=1S/C19H18ClN3OS/c1-13-5-6-14-15(12-13)25-18(17(14)20)19(24)23-10-8-22(9-11-23)16-4-2-3-7-21-16/h2-7,12H,8-11H2,1H3. The van der Waals surface area contributed by atoms with Gasteiger partial charge in [-0.25, -0.2) is 4.98 Å². The fourth-order valence-electron chi connectivity index (χ4n) is 3.13. The molecule has 1 aliphatic heterocycles. The van der Waals surface area contributed by atoms with Crippen LogP contribution in [0.3, 0.4) is 0 Å². The molecule has 4 nitrogen and oxygen atoms in total. The number of aryl methyl sites for hydroxylation is 1. The Morgan fingerprint density at radius 1 is 1.16 bits per heavy atom. The Morgan fingerprint density at radius 2 is 1.96 bits per heavy atom. The topological polar surface area (TPSA) is 36.4 Å². The molecular formula is C19H18ClN3OS. The van der Waals surface area contributed by atoms with Crippen LogP contribution in [0.2, 0.25) is 5.02 Å². The number of hydrogen-bond acceptors (Lipinski definition) is 4. The van der Waals surface area contributed by atoms with Gasteiger partial charge < -0.3 is 9.80 Å². The van der Waals surface area contributed by atoms with Crippen LogP contribution in [0.15, 0.2) is 42.6 Å². The van der Waals surface area contributed by atoms with E-state index in [-0.39, 0.29) is 5.91 Å². The zero-order valence-corrected chi connectivity index (χ0v) is 15.5. The summed E-state index contributed by atoms with van der Waals surface area (Å²) in [6.45, 7) is 4.97. The molecule has 1 saturated heterocycles. The lowest BCUT2D eigenvalue weighted by molar-refractivity contribution is 0.0751. The molecule has 25 heavy (non-hydrogen) atoms. The summed E-state index contributed by atoms with van der Waals surface area (Å²) in [4.78, 5) is 22.1. The number of carbonyl (C=O) groups is 1. The molecular weight excluding hydrogens is 354 g/mol. The average molecular weight is 372 g/mol. The number of carbonyl (C=O) groups excluding carboxylic acids is 1. The van der Waals surface area contributed by atoms with Gasteiger partial charge in [-0.05, 0) is 30.7 Å². The van der Waals surface area contributed by atoms with Gasteiger partial charge in [-0.2, -0.15) is 0 Å². The normalized spacial score (nSPS) is 15.0. The second kappa shape index (κ2) is 6.65. The molecule has 0 unspecified atom stereocenters. The van der Waals surface area contributed by atoms with Gasteiger partial charge in [0.1, 0.15) is 10.7 Å². The number of nitrogens with zero attached hydrogens (tertiary/aromatic N) is 3. The van der Waals surface area contributed by atoms with Crippen LogP contribution in [0.1, 0.15) is 15.2 Å². The summed E-state index contributed by atoms with van der Waals surface area (Å²) in [6.07, 6.45) is 1.80. The number of fused-ring (bicyclic) bond motifs is 1. The lowest BCUT2D eigenvalue weighted by Crippen LogP contribution is -2.48. The van der Waals surface area contributed by atoms with Crippen LogP contribution in [0, 0.1) is 6.92 Å². The van der Waals surface area contributed by atoms with Crippen molar-refractivity contribution in [2.45, 2.75) is 6.92 Å². The molecule has 1 amide bonds. The predicted molar refractivity (Wildman–Crippen MR) is 104 cm³/mol. The minimum Gasteiger partial charge on any atom is -0.353 e. The molecule has 6 heteroatoms. The summed E-state index contributed by atoms with van der Waals surface area (Å²) in [5.74, 6) is 0.995. The molecule has 1 aliphatic rings. The Kier molecular flexibility index (Phi) is 4.36. The summed E-state index contributed by atoms with van der Waals surface area (Å²) < 4.78 is 1.07. The fraction of sp³-hybridized carbons (Fsp3) is 0.263. The smallest absolute Gasteiger partial charge is 0.265 e. The van der Waals surface area contributed by atoms with Gasteiger partial charge in [0.05, 0.1) is 5.02 Å². The highest BCUT2D eigenvalue weighted by atomic mass is 35.5. The highest BCUT2D eigenvalue weighted by Gasteiger charge is 2.26. The van der Waals surface area contributed by atoms with Gasteiger partial charge in [0.2, 0.25) is 0 Å². The predicted octanol–water partition coefficient (Wildman–Crippen LogP) is 4.22. The van der Waals surface area contributed by atoms with Gasteiger partial charge in [0.25, 0.3) is 5.91 Å². The Balaban J connectivity index is 1.52. The number of benzene rings is 1. The van der Waals surface area contributed by atoms with Gasteiger partial charge in [0.15, 0.2) is 0 Å². The van der Waals surface area contributed by atoms with Gasteiger partial charge in [-0.15, -0.1) is 11.3 Å². The minimum atomic E-state index is 0.0320. The first-order chi connectivity index (χ1) is 12.1. The molecule has 3 heterocycles. The van der Waals surface area contributed by atoms with Crippen molar-refractivity contribution in [1.29, 1.82) is 0 Å². The van der Waals surface area contributed by atoms with Crippen molar-refractivity contribution in [3.8, 4) is 0 Å². The van der Waals surface area contributed by atoms with Crippen LogP contribution in [0.4, 0.5) is 5.82 Å². The molecule has 3 aromatic rings. The van der Waals surface area contributed by atoms with E-state index < -0.39 is 0 Å². The maximum Gasteiger partial charge on any atom is 0.265 e. The lowest BCUT2D eigenvalue weighted by atomic mass is 10.2. The first-order valence-electron chi connectivity index (χ1n) is 8.27. The molecule has 0 saturated carbocycles. The second-order valence-corrected chi connectivity index (χ2v) is 7.64. The second-order valence-electron chi connectivity index (χ2n) is 6.21. The first kappa shape index (κ1) is 16.4. The van der Waals surface area contributed by atoms with Crippen LogP contribution >= 0.6 is 22.9 Å². The first-order valence-corrected chi connectivity index (χ1v) is 9.47. The number of piperazine rings is 1. The van der Waals surface area contributed by atoms with Crippen molar-refractivity contribution in [2.75, 3.05) is 31.1 Å². The number of hydrogen-bond donors (Lipinski definition) is 0. The lowest BCUT2D eigenvalue weighted by Gasteiger charge is -2.35. The average Bonchev–Trinajstić information content (AvgIpc) is 2.98. The molecule has 1 aromatic carbocycles. The number of thiophene rings is 1. The molecule has 0 aliphatic carbocycles. The van der Waals surface area contributed by atoms with E-state index in [1.807, 2.05) is 42.2 Å². The van der Waals surface area contributed by atoms with Crippen LogP contribution in [-0.2, 0) is 0 Å². The third-order valence-corrected chi connectivity index (χ3v) is 6.16. The monoisotopic (exact) mass is 371 g/mol. The van der Waals surface area contributed by atoms with E-state index >= 15 is 0 Å². The van der Waals surface area contributed by atoms with Crippen LogP contribution < -0.4 is 4.90 Å². The molecule has 0 radical (unpaired) electrons. The van der Waals surface area contributed by atoms with E-state index in [2.05, 4.69) is 16.0 Å². The summed E-state index contributed by atoms with van der Waals surface area (Å²) in [5.41, 5.74) is 1.17. The zero-order valence-electron chi connectivity index (χ0n) is 13.9. The SMILES string of the molecule is Cc1ccc2c(Cl)c(C(=O)N3CCN(c4ccccn4)CC3)sc2c1. The number of rotatable bonds is 2. The van der Waals surface area contributed by atoms with Gasteiger partial charge in [0, 0.05) is 42.5 Å². The maximum atomic E-state index is 12.9. The fourth-order valence-corrected chi connectivity index (χ4v) is 4.71. The third kappa shape index (κ3) is 3.10. The summed E-state index contributed by atoms with van der Waals surface area (Å²) in [6, 6.07) is 12.0. The summed E-state index contributed by atoms with van der Waals surface area (Å²) in [7, 11) is 0. The third-order valence-electron chi connectivity index (χ3n) is 4.52. The highest BCUT2D eigenvalue weighted by molar-refractivity contribution is 7.21.